The van der Waals surface area contributed by atoms with E-state index in [0.29, 0.717) is 12.5 Å². The minimum Gasteiger partial charge on any atom is -0.352 e. The van der Waals surface area contributed by atoms with Crippen LogP contribution in [0.3, 0.4) is 0 Å². The standard InChI is InChI=1S/C11H24N4O2/c1-7(2)9(12)5-6-15(4)10(16)8(3)14-11(13)17/h7-9H,5-6,12H2,1-4H3,(H3,13,14,17). The van der Waals surface area contributed by atoms with Crippen LogP contribution in [0.15, 0.2) is 0 Å². The fourth-order valence-electron chi connectivity index (χ4n) is 1.39. The lowest BCUT2D eigenvalue weighted by Gasteiger charge is -2.24. The van der Waals surface area contributed by atoms with Gasteiger partial charge in [0.15, 0.2) is 0 Å². The number of nitrogens with one attached hydrogen (secondary N) is 1. The lowest BCUT2D eigenvalue weighted by molar-refractivity contribution is -0.131. The highest BCUT2D eigenvalue weighted by molar-refractivity contribution is 5.85. The molecule has 5 N–H and O–H groups in total. The zero-order valence-electron chi connectivity index (χ0n) is 11.1. The molecule has 0 fully saturated rings. The molecule has 0 aliphatic carbocycles. The Hall–Kier alpha value is -1.30. The van der Waals surface area contributed by atoms with Crippen LogP contribution in [0.1, 0.15) is 27.2 Å². The van der Waals surface area contributed by atoms with E-state index >= 15 is 0 Å². The first-order chi connectivity index (χ1) is 7.75. The van der Waals surface area contributed by atoms with Crippen LogP contribution in [0.2, 0.25) is 0 Å². The van der Waals surface area contributed by atoms with Crippen molar-refractivity contribution >= 4 is 11.9 Å². The monoisotopic (exact) mass is 244 g/mol. The highest BCUT2D eigenvalue weighted by Crippen LogP contribution is 2.04. The summed E-state index contributed by atoms with van der Waals surface area (Å²) in [5, 5.41) is 2.35. The molecular weight excluding hydrogens is 220 g/mol. The number of nitrogens with two attached hydrogens (primary N) is 2. The Morgan fingerprint density at radius 1 is 1.29 bits per heavy atom. The Morgan fingerprint density at radius 3 is 2.24 bits per heavy atom. The van der Waals surface area contributed by atoms with Gasteiger partial charge in [0.25, 0.3) is 0 Å². The van der Waals surface area contributed by atoms with Crippen LogP contribution in [0.4, 0.5) is 4.79 Å². The van der Waals surface area contributed by atoms with Gasteiger partial charge in [0.1, 0.15) is 6.04 Å². The molecule has 0 saturated carbocycles. The summed E-state index contributed by atoms with van der Waals surface area (Å²) < 4.78 is 0. The average Bonchev–Trinajstić information content (AvgIpc) is 2.22. The predicted octanol–water partition coefficient (Wildman–Crippen LogP) is -0.125. The average molecular weight is 244 g/mol. The maximum Gasteiger partial charge on any atom is 0.312 e. The largest absolute Gasteiger partial charge is 0.352 e. The predicted molar refractivity (Wildman–Crippen MR) is 67.2 cm³/mol. The molecule has 6 heteroatoms. The van der Waals surface area contributed by atoms with E-state index in [1.54, 1.807) is 18.9 Å². The summed E-state index contributed by atoms with van der Waals surface area (Å²) in [4.78, 5) is 23.9. The van der Waals surface area contributed by atoms with E-state index in [9.17, 15) is 9.59 Å². The third kappa shape index (κ3) is 6.11. The van der Waals surface area contributed by atoms with Crippen molar-refractivity contribution in [3.05, 3.63) is 0 Å². The summed E-state index contributed by atoms with van der Waals surface area (Å²) in [6.07, 6.45) is 0.739. The summed E-state index contributed by atoms with van der Waals surface area (Å²) in [5.74, 6) is 0.222. The zero-order chi connectivity index (χ0) is 13.6. The minimum absolute atomic E-state index is 0.0738. The molecule has 0 radical (unpaired) electrons. The maximum atomic E-state index is 11.8. The molecule has 0 rings (SSSR count). The lowest BCUT2D eigenvalue weighted by Crippen LogP contribution is -2.48. The topological polar surface area (TPSA) is 101 Å². The number of carbonyl (C=O) groups excluding carboxylic acids is 2. The van der Waals surface area contributed by atoms with Crippen molar-refractivity contribution in [2.75, 3.05) is 13.6 Å². The molecule has 0 aromatic rings. The molecule has 17 heavy (non-hydrogen) atoms. The van der Waals surface area contributed by atoms with Crippen molar-refractivity contribution in [1.29, 1.82) is 0 Å². The van der Waals surface area contributed by atoms with Crippen LogP contribution >= 0.6 is 0 Å². The molecule has 2 unspecified atom stereocenters. The van der Waals surface area contributed by atoms with Gasteiger partial charge in [-0.15, -0.1) is 0 Å². The van der Waals surface area contributed by atoms with Crippen molar-refractivity contribution in [2.45, 2.75) is 39.3 Å². The molecule has 0 heterocycles. The Kier molecular flexibility index (Phi) is 6.57. The quantitative estimate of drug-likeness (QED) is 0.607. The van der Waals surface area contributed by atoms with Crippen molar-refractivity contribution in [3.8, 4) is 0 Å². The molecule has 0 aromatic carbocycles. The van der Waals surface area contributed by atoms with Crippen molar-refractivity contribution in [1.82, 2.24) is 10.2 Å². The molecule has 0 aliphatic heterocycles. The molecule has 0 aliphatic rings. The van der Waals surface area contributed by atoms with Crippen LogP contribution in [-0.4, -0.2) is 42.5 Å². The number of rotatable bonds is 6. The van der Waals surface area contributed by atoms with Crippen LogP contribution in [0, 0.1) is 5.92 Å². The first-order valence-corrected chi connectivity index (χ1v) is 5.82. The number of primary amides is 1. The van der Waals surface area contributed by atoms with Crippen molar-refractivity contribution in [3.63, 3.8) is 0 Å². The second-order valence-corrected chi connectivity index (χ2v) is 4.69. The normalized spacial score (nSPS) is 14.2. The Morgan fingerprint density at radius 2 is 1.82 bits per heavy atom. The lowest BCUT2D eigenvalue weighted by atomic mass is 10.0. The van der Waals surface area contributed by atoms with Crippen LogP contribution in [0.5, 0.6) is 0 Å². The van der Waals surface area contributed by atoms with E-state index in [0.717, 1.165) is 6.42 Å². The molecular formula is C11H24N4O2. The fourth-order valence-corrected chi connectivity index (χ4v) is 1.39. The molecule has 6 nitrogen and oxygen atoms in total. The van der Waals surface area contributed by atoms with Gasteiger partial charge in [-0.2, -0.15) is 0 Å². The molecule has 0 spiro atoms. The fraction of sp³-hybridized carbons (Fsp3) is 0.818. The third-order valence-electron chi connectivity index (χ3n) is 2.76. The van der Waals surface area contributed by atoms with Gasteiger partial charge in [-0.1, -0.05) is 13.8 Å². The van der Waals surface area contributed by atoms with Gasteiger partial charge in [0.05, 0.1) is 0 Å². The van der Waals surface area contributed by atoms with Crippen molar-refractivity contribution in [2.24, 2.45) is 17.4 Å². The third-order valence-corrected chi connectivity index (χ3v) is 2.76. The van der Waals surface area contributed by atoms with E-state index < -0.39 is 12.1 Å². The number of hydrogen-bond acceptors (Lipinski definition) is 3. The second kappa shape index (κ2) is 7.11. The van der Waals surface area contributed by atoms with Crippen LogP contribution in [-0.2, 0) is 4.79 Å². The number of likely N-dealkylation sites (N-methyl/N-ethyl adjacent to an activating group) is 1. The molecule has 0 saturated heterocycles. The second-order valence-electron chi connectivity index (χ2n) is 4.69. The molecule has 2 atom stereocenters. The van der Waals surface area contributed by atoms with Gasteiger partial charge in [-0.25, -0.2) is 4.79 Å². The number of urea groups is 1. The van der Waals surface area contributed by atoms with Crippen molar-refractivity contribution < 1.29 is 9.59 Å². The summed E-state index contributed by atoms with van der Waals surface area (Å²) >= 11 is 0. The van der Waals surface area contributed by atoms with Gasteiger partial charge < -0.3 is 21.7 Å². The Labute approximate surface area is 103 Å². The molecule has 100 valence electrons. The van der Waals surface area contributed by atoms with Gasteiger partial charge in [-0.3, -0.25) is 4.79 Å². The first-order valence-electron chi connectivity index (χ1n) is 5.82. The Balaban J connectivity index is 4.09. The number of nitrogens with zero attached hydrogens (tertiary/aromatic N) is 1. The van der Waals surface area contributed by atoms with Gasteiger partial charge in [0, 0.05) is 19.6 Å². The van der Waals surface area contributed by atoms with E-state index in [4.69, 9.17) is 11.5 Å². The van der Waals surface area contributed by atoms with E-state index in [1.807, 2.05) is 13.8 Å². The number of amides is 3. The first kappa shape index (κ1) is 15.7. The summed E-state index contributed by atoms with van der Waals surface area (Å²) in [6, 6.07) is -1.23. The SMILES string of the molecule is CC(NC(N)=O)C(=O)N(C)CCC(N)C(C)C. The summed E-state index contributed by atoms with van der Waals surface area (Å²) in [6.45, 7) is 6.27. The van der Waals surface area contributed by atoms with E-state index in [-0.39, 0.29) is 11.9 Å². The summed E-state index contributed by atoms with van der Waals surface area (Å²) in [5.41, 5.74) is 10.8. The van der Waals surface area contributed by atoms with E-state index in [2.05, 4.69) is 5.32 Å². The summed E-state index contributed by atoms with van der Waals surface area (Å²) in [7, 11) is 1.69. The molecule has 0 bridgehead atoms. The zero-order valence-corrected chi connectivity index (χ0v) is 11.1. The minimum atomic E-state index is -0.696. The maximum absolute atomic E-state index is 11.8. The highest BCUT2D eigenvalue weighted by atomic mass is 16.2. The highest BCUT2D eigenvalue weighted by Gasteiger charge is 2.19. The Bertz CT molecular complexity index is 268. The molecule has 0 aromatic heterocycles. The number of carbonyl (C=O) groups is 2. The van der Waals surface area contributed by atoms with Gasteiger partial charge >= 0.3 is 6.03 Å². The molecule has 3 amide bonds. The number of hydrogen-bond donors (Lipinski definition) is 3. The van der Waals surface area contributed by atoms with Gasteiger partial charge in [0.2, 0.25) is 5.91 Å². The van der Waals surface area contributed by atoms with Crippen LogP contribution in [0.25, 0.3) is 0 Å². The smallest absolute Gasteiger partial charge is 0.312 e. The van der Waals surface area contributed by atoms with E-state index in [1.165, 1.54) is 0 Å². The van der Waals surface area contributed by atoms with Crippen LogP contribution < -0.4 is 16.8 Å². The van der Waals surface area contributed by atoms with Gasteiger partial charge in [-0.05, 0) is 19.3 Å².